The van der Waals surface area contributed by atoms with Gasteiger partial charge in [0.15, 0.2) is 0 Å². The number of fused-ring (bicyclic) bond motifs is 1. The highest BCUT2D eigenvalue weighted by molar-refractivity contribution is 5.82. The molecule has 0 aliphatic rings. The Bertz CT molecular complexity index is 474. The van der Waals surface area contributed by atoms with Gasteiger partial charge >= 0.3 is 0 Å². The minimum Gasteiger partial charge on any atom is -0.497 e. The Hall–Kier alpha value is -1.48. The molecule has 0 bridgehead atoms. The van der Waals surface area contributed by atoms with Crippen LogP contribution in [0.5, 0.6) is 5.75 Å². The van der Waals surface area contributed by atoms with Crippen LogP contribution in [0.25, 0.3) is 11.0 Å². The highest BCUT2D eigenvalue weighted by atomic mass is 16.5. The molecule has 1 aromatic heterocycles. The van der Waals surface area contributed by atoms with E-state index in [-0.39, 0.29) is 0 Å². The van der Waals surface area contributed by atoms with Crippen molar-refractivity contribution in [1.29, 1.82) is 0 Å². The van der Waals surface area contributed by atoms with E-state index < -0.39 is 0 Å². The number of ether oxygens (including phenoxy) is 1. The van der Waals surface area contributed by atoms with E-state index in [0.717, 1.165) is 24.3 Å². The summed E-state index contributed by atoms with van der Waals surface area (Å²) in [6, 6.07) is 5.95. The first-order chi connectivity index (χ1) is 7.70. The van der Waals surface area contributed by atoms with Crippen LogP contribution in [-0.4, -0.2) is 32.6 Å². The molecule has 0 spiro atoms. The molecule has 0 aliphatic carbocycles. The molecule has 1 heterocycles. The summed E-state index contributed by atoms with van der Waals surface area (Å²) in [4.78, 5) is 2.17. The topological polar surface area (TPSA) is 25.6 Å². The number of methoxy groups -OCH3 is 1. The summed E-state index contributed by atoms with van der Waals surface area (Å²) in [5, 5.41) is 1.18. The summed E-state index contributed by atoms with van der Waals surface area (Å²) in [5.74, 6) is 0.834. The SMILES string of the molecule is COc1ccc2c(CCN(C)C)coc2c1. The quantitative estimate of drug-likeness (QED) is 0.790. The van der Waals surface area contributed by atoms with E-state index in [1.807, 2.05) is 18.4 Å². The highest BCUT2D eigenvalue weighted by Crippen LogP contribution is 2.25. The van der Waals surface area contributed by atoms with Crippen molar-refractivity contribution in [2.45, 2.75) is 6.42 Å². The Kier molecular flexibility index (Phi) is 3.15. The maximum absolute atomic E-state index is 5.53. The summed E-state index contributed by atoms with van der Waals surface area (Å²) in [5.41, 5.74) is 2.15. The van der Waals surface area contributed by atoms with E-state index in [1.54, 1.807) is 7.11 Å². The van der Waals surface area contributed by atoms with Gasteiger partial charge in [-0.05, 0) is 38.2 Å². The normalized spacial score (nSPS) is 11.2. The first kappa shape index (κ1) is 11.0. The molecule has 2 rings (SSSR count). The average Bonchev–Trinajstić information content (AvgIpc) is 2.68. The first-order valence-electron chi connectivity index (χ1n) is 5.39. The Morgan fingerprint density at radius 1 is 1.31 bits per heavy atom. The van der Waals surface area contributed by atoms with Gasteiger partial charge in [-0.1, -0.05) is 0 Å². The smallest absolute Gasteiger partial charge is 0.137 e. The standard InChI is InChI=1S/C13H17NO2/c1-14(2)7-6-10-9-16-13-8-11(15-3)4-5-12(10)13/h4-5,8-9H,6-7H2,1-3H3. The van der Waals surface area contributed by atoms with Gasteiger partial charge < -0.3 is 14.1 Å². The molecular formula is C13H17NO2. The Balaban J connectivity index is 2.27. The van der Waals surface area contributed by atoms with Crippen LogP contribution in [0.15, 0.2) is 28.9 Å². The van der Waals surface area contributed by atoms with Crippen LogP contribution >= 0.6 is 0 Å². The van der Waals surface area contributed by atoms with Crippen molar-refractivity contribution in [2.75, 3.05) is 27.7 Å². The summed E-state index contributed by atoms with van der Waals surface area (Å²) in [7, 11) is 5.81. The fourth-order valence-electron chi connectivity index (χ4n) is 1.73. The lowest BCUT2D eigenvalue weighted by Crippen LogP contribution is -2.14. The second kappa shape index (κ2) is 4.58. The van der Waals surface area contributed by atoms with Crippen molar-refractivity contribution in [3.8, 4) is 5.75 Å². The third-order valence-electron chi connectivity index (χ3n) is 2.69. The van der Waals surface area contributed by atoms with Crippen molar-refractivity contribution < 1.29 is 9.15 Å². The van der Waals surface area contributed by atoms with Gasteiger partial charge in [0.05, 0.1) is 13.4 Å². The van der Waals surface area contributed by atoms with Gasteiger partial charge in [-0.3, -0.25) is 0 Å². The van der Waals surface area contributed by atoms with Crippen molar-refractivity contribution in [1.82, 2.24) is 4.90 Å². The molecule has 0 radical (unpaired) electrons. The van der Waals surface area contributed by atoms with Crippen LogP contribution in [0.4, 0.5) is 0 Å². The van der Waals surface area contributed by atoms with E-state index in [9.17, 15) is 0 Å². The van der Waals surface area contributed by atoms with Gasteiger partial charge in [-0.25, -0.2) is 0 Å². The largest absolute Gasteiger partial charge is 0.497 e. The van der Waals surface area contributed by atoms with Crippen LogP contribution in [0.1, 0.15) is 5.56 Å². The van der Waals surface area contributed by atoms with Crippen molar-refractivity contribution in [3.05, 3.63) is 30.0 Å². The molecule has 0 N–H and O–H groups in total. The second-order valence-corrected chi connectivity index (χ2v) is 4.18. The Morgan fingerprint density at radius 2 is 2.12 bits per heavy atom. The third-order valence-corrected chi connectivity index (χ3v) is 2.69. The predicted octanol–water partition coefficient (Wildman–Crippen LogP) is 2.55. The number of nitrogens with zero attached hydrogens (tertiary/aromatic N) is 1. The number of benzene rings is 1. The zero-order valence-electron chi connectivity index (χ0n) is 9.99. The summed E-state index contributed by atoms with van der Waals surface area (Å²) in [6.45, 7) is 1.03. The van der Waals surface area contributed by atoms with E-state index >= 15 is 0 Å². The van der Waals surface area contributed by atoms with E-state index in [0.29, 0.717) is 0 Å². The maximum atomic E-state index is 5.53. The molecule has 0 saturated carbocycles. The van der Waals surface area contributed by atoms with Gasteiger partial charge in [0.2, 0.25) is 0 Å². The maximum Gasteiger partial charge on any atom is 0.137 e. The molecule has 0 aliphatic heterocycles. The molecule has 0 unspecified atom stereocenters. The lowest BCUT2D eigenvalue weighted by atomic mass is 10.1. The molecule has 3 heteroatoms. The molecule has 0 fully saturated rings. The molecule has 0 saturated heterocycles. The van der Waals surface area contributed by atoms with E-state index in [2.05, 4.69) is 25.1 Å². The molecular weight excluding hydrogens is 202 g/mol. The van der Waals surface area contributed by atoms with Crippen LogP contribution in [0, 0.1) is 0 Å². The Morgan fingerprint density at radius 3 is 2.81 bits per heavy atom. The number of rotatable bonds is 4. The fourth-order valence-corrected chi connectivity index (χ4v) is 1.73. The second-order valence-electron chi connectivity index (χ2n) is 4.18. The molecule has 86 valence electrons. The zero-order chi connectivity index (χ0) is 11.5. The Labute approximate surface area is 95.6 Å². The molecule has 0 amide bonds. The lowest BCUT2D eigenvalue weighted by molar-refractivity contribution is 0.413. The monoisotopic (exact) mass is 219 g/mol. The van der Waals surface area contributed by atoms with Gasteiger partial charge in [-0.15, -0.1) is 0 Å². The van der Waals surface area contributed by atoms with E-state index in [1.165, 1.54) is 10.9 Å². The fraction of sp³-hybridized carbons (Fsp3) is 0.385. The minimum absolute atomic E-state index is 0.834. The van der Waals surface area contributed by atoms with Gasteiger partial charge in [0, 0.05) is 18.0 Å². The average molecular weight is 219 g/mol. The van der Waals surface area contributed by atoms with E-state index in [4.69, 9.17) is 9.15 Å². The molecule has 2 aromatic rings. The summed E-state index contributed by atoms with van der Waals surface area (Å²) in [6.07, 6.45) is 2.85. The van der Waals surface area contributed by atoms with Gasteiger partial charge in [0.1, 0.15) is 11.3 Å². The first-order valence-corrected chi connectivity index (χ1v) is 5.39. The van der Waals surface area contributed by atoms with Gasteiger partial charge in [-0.2, -0.15) is 0 Å². The molecule has 16 heavy (non-hydrogen) atoms. The number of hydrogen-bond donors (Lipinski definition) is 0. The van der Waals surface area contributed by atoms with Crippen LogP contribution < -0.4 is 4.74 Å². The highest BCUT2D eigenvalue weighted by Gasteiger charge is 2.06. The molecule has 0 atom stereocenters. The zero-order valence-corrected chi connectivity index (χ0v) is 9.99. The van der Waals surface area contributed by atoms with Crippen LogP contribution in [-0.2, 0) is 6.42 Å². The van der Waals surface area contributed by atoms with Crippen LogP contribution in [0.3, 0.4) is 0 Å². The minimum atomic E-state index is 0.834. The summed E-state index contributed by atoms with van der Waals surface area (Å²) < 4.78 is 10.7. The summed E-state index contributed by atoms with van der Waals surface area (Å²) >= 11 is 0. The van der Waals surface area contributed by atoms with Gasteiger partial charge in [0.25, 0.3) is 0 Å². The number of likely N-dealkylation sites (N-methyl/N-ethyl adjacent to an activating group) is 1. The predicted molar refractivity (Wildman–Crippen MR) is 65.0 cm³/mol. The van der Waals surface area contributed by atoms with Crippen molar-refractivity contribution in [2.24, 2.45) is 0 Å². The molecule has 3 nitrogen and oxygen atoms in total. The molecule has 1 aromatic carbocycles. The van der Waals surface area contributed by atoms with Crippen LogP contribution in [0.2, 0.25) is 0 Å². The van der Waals surface area contributed by atoms with Crippen molar-refractivity contribution in [3.63, 3.8) is 0 Å². The number of hydrogen-bond acceptors (Lipinski definition) is 3. The van der Waals surface area contributed by atoms with Crippen molar-refractivity contribution >= 4 is 11.0 Å². The third kappa shape index (κ3) is 2.19. The lowest BCUT2D eigenvalue weighted by Gasteiger charge is -2.07. The number of furan rings is 1.